The number of nitrogens with zero attached hydrogens (tertiary/aromatic N) is 2. The average Bonchev–Trinajstić information content (AvgIpc) is 3.55. The van der Waals surface area contributed by atoms with E-state index in [1.807, 2.05) is 6.07 Å². The molecule has 0 bridgehead atoms. The van der Waals surface area contributed by atoms with Crippen molar-refractivity contribution >= 4 is 21.5 Å². The van der Waals surface area contributed by atoms with Gasteiger partial charge < -0.3 is 0 Å². The molecule has 59 heavy (non-hydrogen) atoms. The number of hydrogen-bond acceptors (Lipinski definition) is 2. The summed E-state index contributed by atoms with van der Waals surface area (Å²) in [5.74, 6) is 0.708. The monoisotopic (exact) mass is 752 g/mol. The quantitative estimate of drug-likeness (QED) is 0.169. The van der Waals surface area contributed by atoms with Crippen LogP contribution in [0.4, 0.5) is 0 Å². The van der Waals surface area contributed by atoms with Gasteiger partial charge in [-0.2, -0.15) is 0 Å². The number of aromatic nitrogens is 2. The molecule has 1 aromatic heterocycles. The van der Waals surface area contributed by atoms with Crippen molar-refractivity contribution in [2.24, 2.45) is 0 Å². The summed E-state index contributed by atoms with van der Waals surface area (Å²) in [6.07, 6.45) is 0. The summed E-state index contributed by atoms with van der Waals surface area (Å²) in [5, 5.41) is 4.88. The number of hydrogen-bond donors (Lipinski definition) is 0. The van der Waals surface area contributed by atoms with E-state index in [9.17, 15) is 0 Å². The highest BCUT2D eigenvalue weighted by atomic mass is 14.9. The van der Waals surface area contributed by atoms with Gasteiger partial charge in [-0.05, 0) is 95.4 Å². The number of fused-ring (bicyclic) bond motifs is 6. The highest BCUT2D eigenvalue weighted by Gasteiger charge is 2.38. The van der Waals surface area contributed by atoms with Crippen LogP contribution in [0.5, 0.6) is 0 Å². The molecule has 2 nitrogen and oxygen atoms in total. The van der Waals surface area contributed by atoms with Crippen LogP contribution >= 0.6 is 0 Å². The first-order valence-electron chi connectivity index (χ1n) is 20.4. The SMILES string of the molecule is CC1(C)c2cccc(-c3ccc(-c4nc(-c5ccccc5)cc(-c5ccc(-c6cccc(-c7ccccc7)c6)cc5)n4)c4ccccc34)c2-c2c1ccc1ccccc21. The topological polar surface area (TPSA) is 25.8 Å². The van der Waals surface area contributed by atoms with E-state index in [0.29, 0.717) is 5.82 Å². The lowest BCUT2D eigenvalue weighted by Gasteiger charge is -2.22. The molecule has 0 radical (unpaired) electrons. The van der Waals surface area contributed by atoms with E-state index in [4.69, 9.17) is 9.97 Å². The summed E-state index contributed by atoms with van der Waals surface area (Å²) in [6.45, 7) is 4.73. The Hall–Kier alpha value is -7.42. The van der Waals surface area contributed by atoms with Crippen molar-refractivity contribution in [1.29, 1.82) is 0 Å². The lowest BCUT2D eigenvalue weighted by atomic mass is 9.81. The molecule has 0 saturated heterocycles. The summed E-state index contributed by atoms with van der Waals surface area (Å²) >= 11 is 0. The first kappa shape index (κ1) is 34.8. The van der Waals surface area contributed by atoms with Crippen LogP contribution in [0, 0.1) is 0 Å². The zero-order valence-electron chi connectivity index (χ0n) is 33.0. The zero-order valence-corrected chi connectivity index (χ0v) is 33.0. The van der Waals surface area contributed by atoms with E-state index >= 15 is 0 Å². The molecule has 1 aliphatic carbocycles. The molecule has 0 fully saturated rings. The Morgan fingerprint density at radius 2 is 0.831 bits per heavy atom. The molecule has 0 saturated carbocycles. The maximum absolute atomic E-state index is 5.34. The van der Waals surface area contributed by atoms with Gasteiger partial charge in [0.1, 0.15) is 0 Å². The minimum absolute atomic E-state index is 0.118. The third kappa shape index (κ3) is 5.87. The van der Waals surface area contributed by atoms with Gasteiger partial charge >= 0.3 is 0 Å². The summed E-state index contributed by atoms with van der Waals surface area (Å²) in [5.41, 5.74) is 17.4. The highest BCUT2D eigenvalue weighted by molar-refractivity contribution is 6.11. The van der Waals surface area contributed by atoms with Crippen LogP contribution in [0.2, 0.25) is 0 Å². The Morgan fingerprint density at radius 3 is 1.54 bits per heavy atom. The first-order chi connectivity index (χ1) is 29.0. The smallest absolute Gasteiger partial charge is 0.161 e. The zero-order chi connectivity index (χ0) is 39.5. The van der Waals surface area contributed by atoms with E-state index in [1.54, 1.807) is 0 Å². The third-order valence-corrected chi connectivity index (χ3v) is 12.3. The molecule has 1 heterocycles. The van der Waals surface area contributed by atoms with Crippen LogP contribution in [0.3, 0.4) is 0 Å². The molecule has 10 aromatic rings. The van der Waals surface area contributed by atoms with Crippen LogP contribution in [0.1, 0.15) is 25.0 Å². The molecule has 1 aliphatic rings. The van der Waals surface area contributed by atoms with Gasteiger partial charge in [-0.15, -0.1) is 0 Å². The van der Waals surface area contributed by atoms with Gasteiger partial charge in [0.15, 0.2) is 5.82 Å². The van der Waals surface area contributed by atoms with Gasteiger partial charge in [0.05, 0.1) is 11.4 Å². The maximum atomic E-state index is 5.34. The second-order valence-corrected chi connectivity index (χ2v) is 16.1. The second kappa shape index (κ2) is 13.9. The van der Waals surface area contributed by atoms with Gasteiger partial charge in [0.25, 0.3) is 0 Å². The summed E-state index contributed by atoms with van der Waals surface area (Å²) in [6, 6.07) is 74.2. The highest BCUT2D eigenvalue weighted by Crippen LogP contribution is 2.55. The number of rotatable bonds is 6. The Kier molecular flexibility index (Phi) is 8.20. The van der Waals surface area contributed by atoms with Gasteiger partial charge in [-0.25, -0.2) is 9.97 Å². The standard InChI is InChI=1S/C57H40N2/c1-57(2)50-26-14-25-48(55(50)54-44-22-10-9-17-39(44)31-34-51(54)57)47-32-33-49(46-24-12-11-23-45(46)47)56-58-52(40-18-7-4-8-19-40)36-53(59-56)41-29-27-38(28-30-41)43-21-13-20-42(35-43)37-15-5-3-6-16-37/h3-36H,1-2H3. The lowest BCUT2D eigenvalue weighted by Crippen LogP contribution is -2.14. The van der Waals surface area contributed by atoms with Gasteiger partial charge in [0, 0.05) is 22.1 Å². The molecule has 0 atom stereocenters. The Labute approximate surface area is 345 Å². The molecule has 0 amide bonds. The largest absolute Gasteiger partial charge is 0.228 e. The van der Waals surface area contributed by atoms with Crippen molar-refractivity contribution < 1.29 is 0 Å². The van der Waals surface area contributed by atoms with Crippen molar-refractivity contribution in [3.8, 4) is 78.4 Å². The second-order valence-electron chi connectivity index (χ2n) is 16.1. The Morgan fingerprint density at radius 1 is 0.322 bits per heavy atom. The first-order valence-corrected chi connectivity index (χ1v) is 20.4. The molecule has 0 unspecified atom stereocenters. The molecule has 0 aliphatic heterocycles. The van der Waals surface area contributed by atoms with Crippen LogP contribution in [0.15, 0.2) is 206 Å². The molecule has 11 rings (SSSR count). The van der Waals surface area contributed by atoms with Crippen molar-refractivity contribution in [1.82, 2.24) is 9.97 Å². The van der Waals surface area contributed by atoms with Crippen LogP contribution in [-0.2, 0) is 5.41 Å². The normalized spacial score (nSPS) is 12.7. The summed E-state index contributed by atoms with van der Waals surface area (Å²) < 4.78 is 0. The van der Waals surface area contributed by atoms with Crippen molar-refractivity contribution in [3.05, 3.63) is 217 Å². The van der Waals surface area contributed by atoms with Crippen LogP contribution < -0.4 is 0 Å². The molecule has 278 valence electrons. The molecular formula is C57H40N2. The molecule has 0 N–H and O–H groups in total. The minimum Gasteiger partial charge on any atom is -0.228 e. The van der Waals surface area contributed by atoms with Crippen molar-refractivity contribution in [2.75, 3.05) is 0 Å². The third-order valence-electron chi connectivity index (χ3n) is 12.3. The minimum atomic E-state index is -0.118. The van der Waals surface area contributed by atoms with E-state index in [-0.39, 0.29) is 5.41 Å². The van der Waals surface area contributed by atoms with Gasteiger partial charge in [-0.3, -0.25) is 0 Å². The van der Waals surface area contributed by atoms with E-state index in [1.165, 1.54) is 66.2 Å². The summed E-state index contributed by atoms with van der Waals surface area (Å²) in [7, 11) is 0. The van der Waals surface area contributed by atoms with Gasteiger partial charge in [-0.1, -0.05) is 202 Å². The van der Waals surface area contributed by atoms with E-state index < -0.39 is 0 Å². The van der Waals surface area contributed by atoms with E-state index in [0.717, 1.165) is 39.0 Å². The maximum Gasteiger partial charge on any atom is 0.161 e. The molecule has 2 heteroatoms. The molecule has 0 spiro atoms. The fourth-order valence-corrected chi connectivity index (χ4v) is 9.32. The van der Waals surface area contributed by atoms with E-state index in [2.05, 4.69) is 214 Å². The number of benzene rings is 9. The predicted octanol–water partition coefficient (Wildman–Crippen LogP) is 15.1. The Bertz CT molecular complexity index is 3220. The molecular weight excluding hydrogens is 713 g/mol. The van der Waals surface area contributed by atoms with Crippen molar-refractivity contribution in [2.45, 2.75) is 19.3 Å². The molecule has 9 aromatic carbocycles. The fourth-order valence-electron chi connectivity index (χ4n) is 9.32. The van der Waals surface area contributed by atoms with Gasteiger partial charge in [0.2, 0.25) is 0 Å². The predicted molar refractivity (Wildman–Crippen MR) is 247 cm³/mol. The fraction of sp³-hybridized carbons (Fsp3) is 0.0526. The summed E-state index contributed by atoms with van der Waals surface area (Å²) in [4.78, 5) is 10.6. The average molecular weight is 753 g/mol. The van der Waals surface area contributed by atoms with Crippen LogP contribution in [0.25, 0.3) is 100.0 Å². The van der Waals surface area contributed by atoms with Crippen LogP contribution in [-0.4, -0.2) is 9.97 Å². The lowest BCUT2D eigenvalue weighted by molar-refractivity contribution is 0.661. The Balaban J connectivity index is 1.05. The van der Waals surface area contributed by atoms with Crippen molar-refractivity contribution in [3.63, 3.8) is 0 Å².